The summed E-state index contributed by atoms with van der Waals surface area (Å²) in [4.78, 5) is 95.8. The molecule has 0 heterocycles. The molecule has 0 aliphatic rings. The van der Waals surface area contributed by atoms with Crippen LogP contribution in [0.15, 0.2) is 0 Å². The number of carboxylic acids is 3. The molecule has 0 rings (SSSR count). The normalized spacial score (nSPS) is 12.6. The van der Waals surface area contributed by atoms with Crippen LogP contribution in [0.25, 0.3) is 0 Å². The van der Waals surface area contributed by atoms with Gasteiger partial charge in [0.25, 0.3) is 0 Å². The first kappa shape index (κ1) is 55.3. The Hall–Kier alpha value is -3.72. The summed E-state index contributed by atoms with van der Waals surface area (Å²) in [5.41, 5.74) is 5.41. The quantitative estimate of drug-likeness (QED) is 0.0328. The molecular weight excluding hydrogens is 761 g/mol. The summed E-state index contributed by atoms with van der Waals surface area (Å²) in [7, 11) is 1.72. The molecule has 15 nitrogen and oxygen atoms in total. The number of ketones is 3. The predicted octanol–water partition coefficient (Wildman–Crippen LogP) is 6.41. The van der Waals surface area contributed by atoms with Crippen molar-refractivity contribution in [1.29, 1.82) is 0 Å². The van der Waals surface area contributed by atoms with E-state index in [1.165, 1.54) is 38.5 Å². The Balaban J connectivity index is 4.28. The maximum absolute atomic E-state index is 13.0. The molecule has 2 amide bonds. The Labute approximate surface area is 352 Å². The van der Waals surface area contributed by atoms with Crippen molar-refractivity contribution in [2.24, 2.45) is 11.7 Å². The second-order valence-electron chi connectivity index (χ2n) is 16.0. The topological polar surface area (TPSA) is 259 Å². The molecule has 0 aromatic rings. The summed E-state index contributed by atoms with van der Waals surface area (Å²) in [5.74, 6) is -5.12. The van der Waals surface area contributed by atoms with Crippen LogP contribution in [-0.4, -0.2) is 94.6 Å². The van der Waals surface area contributed by atoms with Crippen molar-refractivity contribution in [3.8, 4) is 0 Å². The van der Waals surface area contributed by atoms with Crippen LogP contribution >= 0.6 is 0 Å². The van der Waals surface area contributed by atoms with Gasteiger partial charge in [-0.25, -0.2) is 0 Å². The SMILES string of the molecule is CN[C@@H](CCCCNC(=O)CCCCCCC(=O)C(CCC(=O)O)NC(=O)CCC(CC(=O)CCCCCCCCCCCCCCCCC(=O)O)C(=O)O)C(=O)CN. The van der Waals surface area contributed by atoms with E-state index in [0.717, 1.165) is 64.2 Å². The van der Waals surface area contributed by atoms with Crippen LogP contribution in [0, 0.1) is 5.92 Å². The Morgan fingerprint density at radius 1 is 0.475 bits per heavy atom. The fourth-order valence-corrected chi connectivity index (χ4v) is 7.07. The lowest BCUT2D eigenvalue weighted by atomic mass is 9.94. The lowest BCUT2D eigenvalue weighted by Gasteiger charge is -2.18. The zero-order chi connectivity index (χ0) is 44.1. The van der Waals surface area contributed by atoms with E-state index in [-0.39, 0.29) is 80.8 Å². The number of nitrogens with one attached hydrogen (secondary N) is 3. The molecule has 0 aromatic heterocycles. The average molecular weight is 839 g/mol. The standard InChI is InChI=1S/C44H78N4O11/c1-46-36(39(51)33-45)23-20-21-31-47-40(52)25-18-15-14-17-24-38(50)37(28-30-43(56)57)48-41(53)29-27-34(44(58)59)32-35(49)22-16-12-10-8-6-4-2-3-5-7-9-11-13-19-26-42(54)55/h34,36-37,46H,2-33,45H2,1H3,(H,47,52)(H,48,53)(H,54,55)(H,56,57)(H,58,59)/t34?,36-,37?/m0/s1. The van der Waals surface area contributed by atoms with Gasteiger partial charge in [0.2, 0.25) is 11.8 Å². The smallest absolute Gasteiger partial charge is 0.306 e. The third-order valence-electron chi connectivity index (χ3n) is 10.8. The van der Waals surface area contributed by atoms with Crippen LogP contribution in [0.3, 0.4) is 0 Å². The summed E-state index contributed by atoms with van der Waals surface area (Å²) < 4.78 is 0. The second kappa shape index (κ2) is 37.3. The molecule has 0 saturated carbocycles. The highest BCUT2D eigenvalue weighted by molar-refractivity contribution is 5.90. The minimum Gasteiger partial charge on any atom is -0.481 e. The minimum atomic E-state index is -1.16. The minimum absolute atomic E-state index is 0.00613. The Bertz CT molecular complexity index is 1230. The maximum Gasteiger partial charge on any atom is 0.306 e. The summed E-state index contributed by atoms with van der Waals surface area (Å²) >= 11 is 0. The van der Waals surface area contributed by atoms with Crippen molar-refractivity contribution in [3.05, 3.63) is 0 Å². The van der Waals surface area contributed by atoms with Gasteiger partial charge in [0.15, 0.2) is 11.6 Å². The number of unbranched alkanes of at least 4 members (excludes halogenated alkanes) is 17. The number of nitrogens with two attached hydrogens (primary N) is 1. The van der Waals surface area contributed by atoms with Gasteiger partial charge in [-0.3, -0.25) is 38.4 Å². The van der Waals surface area contributed by atoms with Gasteiger partial charge in [0, 0.05) is 51.5 Å². The number of amides is 2. The highest BCUT2D eigenvalue weighted by Crippen LogP contribution is 2.18. The van der Waals surface area contributed by atoms with Crippen molar-refractivity contribution in [2.75, 3.05) is 20.1 Å². The molecule has 3 atom stereocenters. The lowest BCUT2D eigenvalue weighted by Crippen LogP contribution is -2.41. The van der Waals surface area contributed by atoms with E-state index in [9.17, 15) is 43.5 Å². The Morgan fingerprint density at radius 2 is 0.966 bits per heavy atom. The van der Waals surface area contributed by atoms with Crippen molar-refractivity contribution in [1.82, 2.24) is 16.0 Å². The van der Waals surface area contributed by atoms with Crippen molar-refractivity contribution >= 4 is 47.1 Å². The number of Topliss-reactive ketones (excluding diaryl/α,β-unsaturated/α-hetero) is 3. The summed E-state index contributed by atoms with van der Waals surface area (Å²) in [5, 5.41) is 36.0. The summed E-state index contributed by atoms with van der Waals surface area (Å²) in [6.07, 6.45) is 19.8. The monoisotopic (exact) mass is 839 g/mol. The van der Waals surface area contributed by atoms with E-state index in [4.69, 9.17) is 15.9 Å². The number of carboxylic acid groups (broad SMARTS) is 3. The van der Waals surface area contributed by atoms with Gasteiger partial charge in [-0.15, -0.1) is 0 Å². The maximum atomic E-state index is 13.0. The molecule has 2 unspecified atom stereocenters. The zero-order valence-corrected chi connectivity index (χ0v) is 36.0. The number of likely N-dealkylation sites (N-methyl/N-ethyl adjacent to an activating group) is 1. The molecule has 0 fully saturated rings. The number of rotatable bonds is 43. The van der Waals surface area contributed by atoms with E-state index >= 15 is 0 Å². The molecule has 0 aromatic carbocycles. The summed E-state index contributed by atoms with van der Waals surface area (Å²) in [6, 6.07) is -1.28. The van der Waals surface area contributed by atoms with E-state index in [1.54, 1.807) is 7.05 Å². The molecule has 0 saturated heterocycles. The molecule has 0 aliphatic carbocycles. The van der Waals surface area contributed by atoms with Crippen molar-refractivity contribution in [3.63, 3.8) is 0 Å². The van der Waals surface area contributed by atoms with Crippen LogP contribution in [0.5, 0.6) is 0 Å². The van der Waals surface area contributed by atoms with Crippen LogP contribution in [0.1, 0.15) is 193 Å². The fraction of sp³-hybridized carbons (Fsp3) is 0.818. The average Bonchev–Trinajstić information content (AvgIpc) is 3.19. The molecule has 0 spiro atoms. The molecule has 8 N–H and O–H groups in total. The van der Waals surface area contributed by atoms with Gasteiger partial charge in [-0.05, 0) is 64.8 Å². The molecule has 15 heteroatoms. The van der Waals surface area contributed by atoms with Gasteiger partial charge in [0.05, 0.1) is 24.5 Å². The highest BCUT2D eigenvalue weighted by Gasteiger charge is 2.25. The highest BCUT2D eigenvalue weighted by atomic mass is 16.4. The largest absolute Gasteiger partial charge is 0.481 e. The number of carbonyl (C=O) groups excluding carboxylic acids is 5. The molecule has 340 valence electrons. The van der Waals surface area contributed by atoms with Crippen LogP contribution in [-0.2, 0) is 38.4 Å². The molecular formula is C44H78N4O11. The summed E-state index contributed by atoms with van der Waals surface area (Å²) in [6.45, 7) is 0.513. The van der Waals surface area contributed by atoms with Crippen molar-refractivity contribution < 1.29 is 53.7 Å². The lowest BCUT2D eigenvalue weighted by molar-refractivity contribution is -0.144. The van der Waals surface area contributed by atoms with Gasteiger partial charge in [-0.1, -0.05) is 89.9 Å². The van der Waals surface area contributed by atoms with Crippen LogP contribution in [0.2, 0.25) is 0 Å². The van der Waals surface area contributed by atoms with Gasteiger partial charge < -0.3 is 37.0 Å². The van der Waals surface area contributed by atoms with Gasteiger partial charge >= 0.3 is 17.9 Å². The van der Waals surface area contributed by atoms with Gasteiger partial charge in [0.1, 0.15) is 5.78 Å². The Kier molecular flexibility index (Phi) is 34.9. The molecule has 0 radical (unpaired) electrons. The van der Waals surface area contributed by atoms with E-state index in [0.29, 0.717) is 51.5 Å². The van der Waals surface area contributed by atoms with Crippen LogP contribution < -0.4 is 21.7 Å². The van der Waals surface area contributed by atoms with E-state index in [1.807, 2.05) is 0 Å². The van der Waals surface area contributed by atoms with Crippen molar-refractivity contribution in [2.45, 2.75) is 205 Å². The number of aliphatic carboxylic acids is 3. The number of hydrogen-bond acceptors (Lipinski definition) is 10. The van der Waals surface area contributed by atoms with E-state index in [2.05, 4.69) is 16.0 Å². The third-order valence-corrected chi connectivity index (χ3v) is 10.8. The molecule has 59 heavy (non-hydrogen) atoms. The third kappa shape index (κ3) is 33.8. The first-order valence-corrected chi connectivity index (χ1v) is 22.5. The predicted molar refractivity (Wildman–Crippen MR) is 227 cm³/mol. The Morgan fingerprint density at radius 3 is 1.46 bits per heavy atom. The first-order chi connectivity index (χ1) is 28.3. The van der Waals surface area contributed by atoms with Crippen LogP contribution in [0.4, 0.5) is 0 Å². The molecule has 0 bridgehead atoms. The van der Waals surface area contributed by atoms with E-state index < -0.39 is 35.8 Å². The van der Waals surface area contributed by atoms with Gasteiger partial charge in [-0.2, -0.15) is 0 Å². The number of hydrogen-bond donors (Lipinski definition) is 7. The fourth-order valence-electron chi connectivity index (χ4n) is 7.07. The first-order valence-electron chi connectivity index (χ1n) is 22.5. The zero-order valence-electron chi connectivity index (χ0n) is 36.0. The number of carbonyl (C=O) groups is 8. The second-order valence-corrected chi connectivity index (χ2v) is 16.0. The molecule has 0 aliphatic heterocycles.